The molecule has 0 aliphatic carbocycles. The number of terminal acetylenes is 1. The minimum atomic E-state index is -0.0563. The van der Waals surface area contributed by atoms with Crippen LogP contribution in [0.4, 0.5) is 5.69 Å². The van der Waals surface area contributed by atoms with E-state index in [-0.39, 0.29) is 17.0 Å². The summed E-state index contributed by atoms with van der Waals surface area (Å²) < 4.78 is 0. The van der Waals surface area contributed by atoms with Gasteiger partial charge in [0.15, 0.2) is 5.15 Å². The molecule has 0 aromatic carbocycles. The highest BCUT2D eigenvalue weighted by Gasteiger charge is 2.30. The normalized spacial score (nSPS) is 19.9. The molecule has 3 nitrogen and oxygen atoms in total. The monoisotopic (exact) mass is 254 g/mol. The molecule has 2 rings (SSSR count). The molecule has 2 heterocycles. The van der Waals surface area contributed by atoms with Crippen LogP contribution < -0.4 is 4.90 Å². The predicted octanol–water partition coefficient (Wildman–Crippen LogP) is 2.37. The van der Waals surface area contributed by atoms with Gasteiger partial charge in [0.25, 0.3) is 0 Å². The Labute approximate surface area is 103 Å². The number of carbonyl (C=O) groups is 1. The minimum absolute atomic E-state index is 0.0334. The first kappa shape index (κ1) is 11.3. The summed E-state index contributed by atoms with van der Waals surface area (Å²) in [5.41, 5.74) is 0.564. The van der Waals surface area contributed by atoms with Crippen molar-refractivity contribution in [2.45, 2.75) is 6.42 Å². The number of carbonyl (C=O) groups excluding carboxylic acids is 1. The Morgan fingerprint density at radius 2 is 2.25 bits per heavy atom. The third-order valence-corrected chi connectivity index (χ3v) is 2.94. The zero-order chi connectivity index (χ0) is 11.7. The molecule has 5 heteroatoms. The van der Waals surface area contributed by atoms with Gasteiger partial charge in [-0.15, -0.1) is 12.3 Å². The van der Waals surface area contributed by atoms with Crippen molar-refractivity contribution in [1.82, 2.24) is 4.98 Å². The van der Waals surface area contributed by atoms with Crippen LogP contribution in [0.5, 0.6) is 0 Å². The van der Waals surface area contributed by atoms with Crippen molar-refractivity contribution in [3.8, 4) is 12.3 Å². The second-order valence-electron chi connectivity index (χ2n) is 3.52. The van der Waals surface area contributed by atoms with Gasteiger partial charge in [0.2, 0.25) is 5.91 Å². The van der Waals surface area contributed by atoms with Crippen LogP contribution in [0.1, 0.15) is 6.42 Å². The smallest absolute Gasteiger partial charge is 0.228 e. The van der Waals surface area contributed by atoms with E-state index in [1.807, 2.05) is 0 Å². The lowest BCUT2D eigenvalue weighted by atomic mass is 10.1. The molecule has 0 saturated carbocycles. The Hall–Kier alpha value is -1.24. The first-order chi connectivity index (χ1) is 7.61. The molecule has 16 heavy (non-hydrogen) atoms. The summed E-state index contributed by atoms with van der Waals surface area (Å²) >= 11 is 11.6. The molecule has 1 aromatic rings. The standard InChI is InChI=1S/C11H8Cl2N2O/c1-2-7-5-10(16)15(6-7)8-3-4-9(12)14-11(8)13/h1,3-4,7H,5-6H2. The fourth-order valence-electron chi connectivity index (χ4n) is 1.66. The van der Waals surface area contributed by atoms with Crippen molar-refractivity contribution in [1.29, 1.82) is 0 Å². The minimum Gasteiger partial charge on any atom is -0.308 e. The van der Waals surface area contributed by atoms with Gasteiger partial charge in [-0.05, 0) is 12.1 Å². The number of halogens is 2. The number of amides is 1. The van der Waals surface area contributed by atoms with E-state index in [0.29, 0.717) is 23.8 Å². The average molecular weight is 255 g/mol. The molecular formula is C11H8Cl2N2O. The number of rotatable bonds is 1. The maximum absolute atomic E-state index is 11.7. The van der Waals surface area contributed by atoms with Crippen LogP contribution in [0, 0.1) is 18.3 Å². The van der Waals surface area contributed by atoms with Crippen molar-refractivity contribution < 1.29 is 4.79 Å². The molecule has 1 fully saturated rings. The lowest BCUT2D eigenvalue weighted by Crippen LogP contribution is -2.24. The van der Waals surface area contributed by atoms with Crippen molar-refractivity contribution in [2.75, 3.05) is 11.4 Å². The van der Waals surface area contributed by atoms with Crippen LogP contribution in [0.3, 0.4) is 0 Å². The highest BCUT2D eigenvalue weighted by Crippen LogP contribution is 2.30. The van der Waals surface area contributed by atoms with Gasteiger partial charge in [-0.25, -0.2) is 4.98 Å². The Kier molecular flexibility index (Phi) is 3.04. The highest BCUT2D eigenvalue weighted by atomic mass is 35.5. The topological polar surface area (TPSA) is 33.2 Å². The maximum atomic E-state index is 11.7. The molecule has 0 radical (unpaired) electrons. The van der Waals surface area contributed by atoms with Gasteiger partial charge < -0.3 is 4.90 Å². The first-order valence-corrected chi connectivity index (χ1v) is 5.46. The Morgan fingerprint density at radius 1 is 1.50 bits per heavy atom. The van der Waals surface area contributed by atoms with Gasteiger partial charge in [0.1, 0.15) is 5.15 Å². The maximum Gasteiger partial charge on any atom is 0.228 e. The summed E-state index contributed by atoms with van der Waals surface area (Å²) in [5, 5.41) is 0.521. The molecule has 0 spiro atoms. The second kappa shape index (κ2) is 4.32. The average Bonchev–Trinajstić information content (AvgIpc) is 2.60. The third-order valence-electron chi connectivity index (χ3n) is 2.45. The van der Waals surface area contributed by atoms with Crippen molar-refractivity contribution in [3.05, 3.63) is 22.4 Å². The van der Waals surface area contributed by atoms with Gasteiger partial charge in [-0.2, -0.15) is 0 Å². The van der Waals surface area contributed by atoms with E-state index in [1.54, 1.807) is 17.0 Å². The zero-order valence-corrected chi connectivity index (χ0v) is 9.79. The zero-order valence-electron chi connectivity index (χ0n) is 8.28. The van der Waals surface area contributed by atoms with Crippen LogP contribution >= 0.6 is 23.2 Å². The molecule has 1 aliphatic rings. The summed E-state index contributed by atoms with van der Waals surface area (Å²) in [6.45, 7) is 0.484. The Morgan fingerprint density at radius 3 is 2.81 bits per heavy atom. The fraction of sp³-hybridized carbons (Fsp3) is 0.273. The van der Waals surface area contributed by atoms with E-state index >= 15 is 0 Å². The van der Waals surface area contributed by atoms with Crippen molar-refractivity contribution >= 4 is 34.8 Å². The summed E-state index contributed by atoms with van der Waals surface area (Å²) in [5.74, 6) is 2.48. The quantitative estimate of drug-likeness (QED) is 0.570. The van der Waals surface area contributed by atoms with Crippen LogP contribution in [0.25, 0.3) is 0 Å². The molecule has 1 amide bonds. The molecule has 1 saturated heterocycles. The number of nitrogens with zero attached hydrogens (tertiary/aromatic N) is 2. The van der Waals surface area contributed by atoms with Gasteiger partial charge in [0, 0.05) is 18.9 Å². The Bertz CT molecular complexity index is 481. The van der Waals surface area contributed by atoms with Crippen LogP contribution in [-0.2, 0) is 4.79 Å². The van der Waals surface area contributed by atoms with E-state index < -0.39 is 0 Å². The first-order valence-electron chi connectivity index (χ1n) is 4.70. The highest BCUT2D eigenvalue weighted by molar-refractivity contribution is 6.34. The summed E-state index contributed by atoms with van der Waals surface area (Å²) in [4.78, 5) is 17.1. The molecular weight excluding hydrogens is 247 g/mol. The molecule has 1 aliphatic heterocycles. The number of anilines is 1. The van der Waals surface area contributed by atoms with E-state index in [1.165, 1.54) is 0 Å². The SMILES string of the molecule is C#CC1CC(=O)N(c2ccc(Cl)nc2Cl)C1. The summed E-state index contributed by atoms with van der Waals surface area (Å²) in [7, 11) is 0. The van der Waals surface area contributed by atoms with Crippen molar-refractivity contribution in [3.63, 3.8) is 0 Å². The van der Waals surface area contributed by atoms with E-state index in [0.717, 1.165) is 0 Å². The molecule has 0 bridgehead atoms. The lowest BCUT2D eigenvalue weighted by molar-refractivity contribution is -0.117. The molecule has 82 valence electrons. The van der Waals surface area contributed by atoms with Gasteiger partial charge in [-0.3, -0.25) is 4.79 Å². The summed E-state index contributed by atoms with van der Waals surface area (Å²) in [6.07, 6.45) is 5.66. The number of hydrogen-bond donors (Lipinski definition) is 0. The van der Waals surface area contributed by atoms with E-state index in [2.05, 4.69) is 10.9 Å². The summed E-state index contributed by atoms with van der Waals surface area (Å²) in [6, 6.07) is 3.27. The van der Waals surface area contributed by atoms with Gasteiger partial charge >= 0.3 is 0 Å². The molecule has 1 aromatic heterocycles. The van der Waals surface area contributed by atoms with E-state index in [9.17, 15) is 4.79 Å². The fourth-order valence-corrected chi connectivity index (χ4v) is 2.11. The lowest BCUT2D eigenvalue weighted by Gasteiger charge is -2.16. The van der Waals surface area contributed by atoms with Crippen LogP contribution in [0.2, 0.25) is 10.3 Å². The molecule has 1 atom stereocenters. The third kappa shape index (κ3) is 1.99. The van der Waals surface area contributed by atoms with Crippen LogP contribution in [0.15, 0.2) is 12.1 Å². The van der Waals surface area contributed by atoms with E-state index in [4.69, 9.17) is 29.6 Å². The van der Waals surface area contributed by atoms with Crippen LogP contribution in [-0.4, -0.2) is 17.4 Å². The predicted molar refractivity (Wildman–Crippen MR) is 63.6 cm³/mol. The van der Waals surface area contributed by atoms with Gasteiger partial charge in [-0.1, -0.05) is 23.2 Å². The van der Waals surface area contributed by atoms with Gasteiger partial charge in [0.05, 0.1) is 5.69 Å². The number of hydrogen-bond acceptors (Lipinski definition) is 2. The largest absolute Gasteiger partial charge is 0.308 e. The second-order valence-corrected chi connectivity index (χ2v) is 4.26. The molecule has 0 N–H and O–H groups in total. The number of pyridine rings is 1. The molecule has 1 unspecified atom stereocenters. The number of aromatic nitrogens is 1. The van der Waals surface area contributed by atoms with Crippen molar-refractivity contribution in [2.24, 2.45) is 5.92 Å². The Balaban J connectivity index is 2.32.